The van der Waals surface area contributed by atoms with Gasteiger partial charge in [-0.1, -0.05) is 6.92 Å². The summed E-state index contributed by atoms with van der Waals surface area (Å²) in [5, 5.41) is 4.63. The van der Waals surface area contributed by atoms with Crippen molar-refractivity contribution in [1.29, 1.82) is 0 Å². The summed E-state index contributed by atoms with van der Waals surface area (Å²) in [6.45, 7) is 2.21. The van der Waals surface area contributed by atoms with Gasteiger partial charge in [0.1, 0.15) is 0 Å². The number of carbonyl (C=O) groups is 3. The largest absolute Gasteiger partial charge is 0.465 e. The number of amides is 1. The van der Waals surface area contributed by atoms with Crippen molar-refractivity contribution < 1.29 is 23.9 Å². The Morgan fingerprint density at radius 2 is 1.85 bits per heavy atom. The Hall–Kier alpha value is -2.67. The summed E-state index contributed by atoms with van der Waals surface area (Å²) in [5.41, 5.74) is 2.34. The van der Waals surface area contributed by atoms with Crippen LogP contribution >= 0.6 is 11.3 Å². The Morgan fingerprint density at radius 3 is 2.56 bits per heavy atom. The molecule has 0 spiro atoms. The number of thiophene rings is 1. The first kappa shape index (κ1) is 19.1. The zero-order valence-corrected chi connectivity index (χ0v) is 16.3. The van der Waals surface area contributed by atoms with Crippen LogP contribution in [0.15, 0.2) is 23.6 Å². The molecule has 1 aliphatic carbocycles. The molecule has 2 aromatic rings. The first-order chi connectivity index (χ1) is 12.9. The monoisotopic (exact) mass is 387 g/mol. The van der Waals surface area contributed by atoms with E-state index in [1.165, 1.54) is 37.3 Å². The van der Waals surface area contributed by atoms with E-state index in [1.54, 1.807) is 11.3 Å². The van der Waals surface area contributed by atoms with Crippen molar-refractivity contribution in [1.82, 2.24) is 0 Å². The third-order valence-corrected chi connectivity index (χ3v) is 5.79. The second kappa shape index (κ2) is 7.92. The molecule has 1 N–H and O–H groups in total. The van der Waals surface area contributed by atoms with Crippen molar-refractivity contribution in [2.45, 2.75) is 26.2 Å². The fraction of sp³-hybridized carbons (Fsp3) is 0.350. The molecule has 1 aliphatic rings. The number of esters is 2. The molecule has 1 atom stereocenters. The molecule has 1 aromatic carbocycles. The van der Waals surface area contributed by atoms with E-state index in [9.17, 15) is 14.4 Å². The highest BCUT2D eigenvalue weighted by Crippen LogP contribution is 2.33. The van der Waals surface area contributed by atoms with Crippen molar-refractivity contribution in [2.24, 2.45) is 5.92 Å². The van der Waals surface area contributed by atoms with Gasteiger partial charge in [-0.2, -0.15) is 0 Å². The number of nitrogens with one attached hydrogen (secondary N) is 1. The average Bonchev–Trinajstić information content (AvgIpc) is 3.09. The lowest BCUT2D eigenvalue weighted by Crippen LogP contribution is -2.19. The van der Waals surface area contributed by atoms with Crippen molar-refractivity contribution in [3.8, 4) is 0 Å². The van der Waals surface area contributed by atoms with Crippen LogP contribution in [0.25, 0.3) is 0 Å². The maximum atomic E-state index is 12.9. The van der Waals surface area contributed by atoms with Crippen LogP contribution in [0.1, 0.15) is 54.9 Å². The van der Waals surface area contributed by atoms with Crippen LogP contribution in [0.5, 0.6) is 0 Å². The van der Waals surface area contributed by atoms with E-state index in [-0.39, 0.29) is 22.7 Å². The number of rotatable bonds is 4. The molecule has 0 fully saturated rings. The number of methoxy groups -OCH3 is 2. The fourth-order valence-corrected chi connectivity index (χ4v) is 4.48. The minimum atomic E-state index is -0.595. The average molecular weight is 387 g/mol. The van der Waals surface area contributed by atoms with E-state index < -0.39 is 11.9 Å². The first-order valence-corrected chi connectivity index (χ1v) is 9.53. The van der Waals surface area contributed by atoms with Gasteiger partial charge in [0.05, 0.1) is 36.6 Å². The summed E-state index contributed by atoms with van der Waals surface area (Å²) in [4.78, 5) is 38.0. The SMILES string of the molecule is COC(=O)c1ccc(C(=O)OC)c(NC(=O)c2csc3c2CC[C@H](C)C3)c1. The smallest absolute Gasteiger partial charge is 0.339 e. The highest BCUT2D eigenvalue weighted by atomic mass is 32.1. The normalized spacial score (nSPS) is 15.6. The standard InChI is InChI=1S/C20H21NO5S/c1-11-4-6-13-15(10-27-17(13)8-11)18(22)21-16-9-12(19(23)25-2)5-7-14(16)20(24)26-3/h5,7,9-11H,4,6,8H2,1-3H3,(H,21,22)/t11-/m0/s1. The maximum Gasteiger partial charge on any atom is 0.339 e. The van der Waals surface area contributed by atoms with Gasteiger partial charge in [0.15, 0.2) is 0 Å². The zero-order valence-electron chi connectivity index (χ0n) is 15.5. The Kier molecular flexibility index (Phi) is 5.60. The number of fused-ring (bicyclic) bond motifs is 1. The number of anilines is 1. The van der Waals surface area contributed by atoms with Crippen molar-refractivity contribution in [3.63, 3.8) is 0 Å². The van der Waals surface area contributed by atoms with Crippen LogP contribution in [0, 0.1) is 5.92 Å². The van der Waals surface area contributed by atoms with Crippen molar-refractivity contribution in [2.75, 3.05) is 19.5 Å². The minimum absolute atomic E-state index is 0.177. The van der Waals surface area contributed by atoms with Gasteiger partial charge in [0.2, 0.25) is 0 Å². The van der Waals surface area contributed by atoms with E-state index in [0.29, 0.717) is 11.5 Å². The maximum absolute atomic E-state index is 12.9. The molecule has 27 heavy (non-hydrogen) atoms. The lowest BCUT2D eigenvalue weighted by atomic mass is 9.88. The van der Waals surface area contributed by atoms with Gasteiger partial charge in [-0.15, -0.1) is 11.3 Å². The molecule has 3 rings (SSSR count). The summed E-state index contributed by atoms with van der Waals surface area (Å²) in [7, 11) is 2.53. The molecule has 1 amide bonds. The van der Waals surface area contributed by atoms with E-state index >= 15 is 0 Å². The van der Waals surface area contributed by atoms with Crippen molar-refractivity contribution >= 4 is 34.9 Å². The summed E-state index contributed by atoms with van der Waals surface area (Å²) in [6, 6.07) is 4.33. The van der Waals surface area contributed by atoms with E-state index in [4.69, 9.17) is 9.47 Å². The number of hydrogen-bond donors (Lipinski definition) is 1. The summed E-state index contributed by atoms with van der Waals surface area (Å²) >= 11 is 1.59. The summed E-state index contributed by atoms with van der Waals surface area (Å²) < 4.78 is 9.49. The van der Waals surface area contributed by atoms with Gasteiger partial charge in [0.25, 0.3) is 5.91 Å². The lowest BCUT2D eigenvalue weighted by molar-refractivity contribution is 0.0587. The molecule has 1 heterocycles. The van der Waals surface area contributed by atoms with E-state index in [1.807, 2.05) is 5.38 Å². The minimum Gasteiger partial charge on any atom is -0.465 e. The van der Waals surface area contributed by atoms with E-state index in [0.717, 1.165) is 24.8 Å². The van der Waals surface area contributed by atoms with Crippen LogP contribution in [0.3, 0.4) is 0 Å². The lowest BCUT2D eigenvalue weighted by Gasteiger charge is -2.19. The topological polar surface area (TPSA) is 81.7 Å². The first-order valence-electron chi connectivity index (χ1n) is 8.65. The third kappa shape index (κ3) is 3.88. The molecule has 0 aliphatic heterocycles. The summed E-state index contributed by atoms with van der Waals surface area (Å²) in [6.07, 6.45) is 2.91. The van der Waals surface area contributed by atoms with Gasteiger partial charge >= 0.3 is 11.9 Å². The Labute approximate surface area is 161 Å². The van der Waals surface area contributed by atoms with Crippen LogP contribution in [0.2, 0.25) is 0 Å². The number of ether oxygens (including phenoxy) is 2. The Morgan fingerprint density at radius 1 is 1.11 bits per heavy atom. The Bertz CT molecular complexity index is 902. The summed E-state index contributed by atoms with van der Waals surface area (Å²) in [5.74, 6) is -0.823. The third-order valence-electron chi connectivity index (χ3n) is 4.74. The molecule has 7 heteroatoms. The van der Waals surface area contributed by atoms with Gasteiger partial charge in [-0.3, -0.25) is 4.79 Å². The predicted molar refractivity (Wildman–Crippen MR) is 103 cm³/mol. The zero-order chi connectivity index (χ0) is 19.6. The second-order valence-electron chi connectivity index (χ2n) is 6.60. The molecule has 1 aromatic heterocycles. The molecular weight excluding hydrogens is 366 g/mol. The number of hydrogen-bond acceptors (Lipinski definition) is 6. The molecule has 0 radical (unpaired) electrons. The van der Waals surface area contributed by atoms with Crippen molar-refractivity contribution in [3.05, 3.63) is 50.7 Å². The molecule has 0 saturated heterocycles. The molecule has 6 nitrogen and oxygen atoms in total. The number of benzene rings is 1. The highest BCUT2D eigenvalue weighted by Gasteiger charge is 2.24. The quantitative estimate of drug-likeness (QED) is 0.809. The molecule has 0 unspecified atom stereocenters. The van der Waals surface area contributed by atoms with Crippen LogP contribution in [-0.2, 0) is 22.3 Å². The van der Waals surface area contributed by atoms with Gasteiger partial charge in [0, 0.05) is 10.3 Å². The number of carbonyl (C=O) groups excluding carboxylic acids is 3. The Balaban J connectivity index is 1.93. The molecule has 0 saturated carbocycles. The van der Waals surface area contributed by atoms with Crippen LogP contribution in [0.4, 0.5) is 5.69 Å². The second-order valence-corrected chi connectivity index (χ2v) is 7.56. The molecule has 0 bridgehead atoms. The molecule has 142 valence electrons. The van der Waals surface area contributed by atoms with Gasteiger partial charge in [-0.25, -0.2) is 9.59 Å². The van der Waals surface area contributed by atoms with E-state index in [2.05, 4.69) is 12.2 Å². The fourth-order valence-electron chi connectivity index (χ4n) is 3.24. The van der Waals surface area contributed by atoms with Crippen LogP contribution in [-0.4, -0.2) is 32.1 Å². The predicted octanol–water partition coefficient (Wildman–Crippen LogP) is 3.70. The molecular formula is C20H21NO5S. The van der Waals surface area contributed by atoms with Gasteiger partial charge < -0.3 is 14.8 Å². The van der Waals surface area contributed by atoms with Gasteiger partial charge in [-0.05, 0) is 48.9 Å². The van der Waals surface area contributed by atoms with Crippen LogP contribution < -0.4 is 5.32 Å². The highest BCUT2D eigenvalue weighted by molar-refractivity contribution is 7.10.